The smallest absolute Gasteiger partial charge is 0.362 e. The number of rotatable bonds is 5. The van der Waals surface area contributed by atoms with Gasteiger partial charge in [0.1, 0.15) is 5.69 Å². The van der Waals surface area contributed by atoms with Gasteiger partial charge in [0.2, 0.25) is 0 Å². The summed E-state index contributed by atoms with van der Waals surface area (Å²) in [5.41, 5.74) is 4.54. The number of alkyl halides is 3. The van der Waals surface area contributed by atoms with E-state index in [-0.39, 0.29) is 0 Å². The van der Waals surface area contributed by atoms with Gasteiger partial charge in [0.15, 0.2) is 0 Å². The van der Waals surface area contributed by atoms with E-state index in [4.69, 9.17) is 34.8 Å². The number of fused-ring (bicyclic) bond motifs is 1. The lowest BCUT2D eigenvalue weighted by molar-refractivity contribution is 0.0894. The third-order valence-corrected chi connectivity index (χ3v) is 8.61. The van der Waals surface area contributed by atoms with Gasteiger partial charge in [-0.2, -0.15) is 8.78 Å². The molecule has 0 amide bonds. The Morgan fingerprint density at radius 1 is 1.06 bits per heavy atom. The van der Waals surface area contributed by atoms with Crippen LogP contribution >= 0.6 is 46.6 Å². The summed E-state index contributed by atoms with van der Waals surface area (Å²) in [4.78, 5) is 18.8. The molecule has 0 bridgehead atoms. The summed E-state index contributed by atoms with van der Waals surface area (Å²) in [6.07, 6.45) is 2.73. The molecule has 9 heteroatoms. The number of aromatic amines is 1. The molecule has 1 aliphatic carbocycles. The van der Waals surface area contributed by atoms with E-state index in [9.17, 15) is 13.6 Å². The van der Waals surface area contributed by atoms with Gasteiger partial charge in [0.05, 0.1) is 21.3 Å². The van der Waals surface area contributed by atoms with E-state index in [1.165, 1.54) is 22.8 Å². The molecule has 1 aromatic heterocycles. The minimum atomic E-state index is -3.73. The number of nitrogens with one attached hydrogen (secondary N) is 1. The Labute approximate surface area is 221 Å². The number of aromatic nitrogens is 1. The molecule has 0 spiro atoms. The number of H-pyrrole nitrogens is 1. The van der Waals surface area contributed by atoms with Crippen LogP contribution in [0.15, 0.2) is 62.6 Å². The molecule has 1 aliphatic heterocycles. The maximum absolute atomic E-state index is 14.1. The molecule has 0 radical (unpaired) electrons. The van der Waals surface area contributed by atoms with Gasteiger partial charge in [-0.25, -0.2) is 0 Å². The molecule has 1 N–H and O–H groups in total. The van der Waals surface area contributed by atoms with Crippen LogP contribution in [0.5, 0.6) is 0 Å². The number of nitrogens with zero attached hydrogens (tertiary/aromatic N) is 1. The second kappa shape index (κ2) is 9.47. The van der Waals surface area contributed by atoms with Gasteiger partial charge in [-0.1, -0.05) is 64.8 Å². The number of halogens is 5. The molecule has 0 atom stereocenters. The first-order valence-electron chi connectivity index (χ1n) is 11.1. The van der Waals surface area contributed by atoms with E-state index in [0.717, 1.165) is 42.3 Å². The first-order chi connectivity index (χ1) is 16.6. The van der Waals surface area contributed by atoms with Crippen LogP contribution in [0.4, 0.5) is 8.78 Å². The van der Waals surface area contributed by atoms with Gasteiger partial charge >= 0.3 is 5.38 Å². The maximum atomic E-state index is 14.1. The molecule has 0 saturated heterocycles. The lowest BCUT2D eigenvalue weighted by Crippen LogP contribution is -2.27. The van der Waals surface area contributed by atoms with E-state index in [2.05, 4.69) is 28.1 Å². The second-order valence-electron chi connectivity index (χ2n) is 8.84. The lowest BCUT2D eigenvalue weighted by Gasteiger charge is -2.30. The summed E-state index contributed by atoms with van der Waals surface area (Å²) in [5.74, 6) is 0. The topological polar surface area (TPSA) is 36.1 Å². The van der Waals surface area contributed by atoms with Crippen LogP contribution in [-0.2, 0) is 18.5 Å². The molecule has 2 heterocycles. The monoisotopic (exact) mass is 552 g/mol. The molecule has 2 aromatic carbocycles. The van der Waals surface area contributed by atoms with Crippen LogP contribution in [0.3, 0.4) is 0 Å². The molecule has 35 heavy (non-hydrogen) atoms. The number of hydrogen-bond donors (Lipinski definition) is 1. The Kier molecular flexibility index (Phi) is 6.68. The Morgan fingerprint density at radius 3 is 2.37 bits per heavy atom. The van der Waals surface area contributed by atoms with E-state index < -0.39 is 16.6 Å². The van der Waals surface area contributed by atoms with Crippen molar-refractivity contribution in [2.24, 2.45) is 0 Å². The van der Waals surface area contributed by atoms with E-state index in [0.29, 0.717) is 38.5 Å². The van der Waals surface area contributed by atoms with Crippen molar-refractivity contribution in [1.29, 1.82) is 0 Å². The molecule has 2 aliphatic rings. The normalized spacial score (nSPS) is 15.3. The van der Waals surface area contributed by atoms with E-state index in [1.54, 1.807) is 18.2 Å². The van der Waals surface area contributed by atoms with Crippen molar-refractivity contribution in [3.8, 4) is 0 Å². The minimum absolute atomic E-state index is 0.334. The molecule has 182 valence electrons. The van der Waals surface area contributed by atoms with Gasteiger partial charge < -0.3 is 9.88 Å². The third kappa shape index (κ3) is 4.86. The second-order valence-corrected chi connectivity index (χ2v) is 11.2. The first kappa shape index (κ1) is 24.7. The summed E-state index contributed by atoms with van der Waals surface area (Å²) >= 11 is 19.2. The number of allylic oxidation sites excluding steroid dienone is 1. The van der Waals surface area contributed by atoms with Gasteiger partial charge in [-0.3, -0.25) is 4.79 Å². The highest BCUT2D eigenvalue weighted by Crippen LogP contribution is 2.46. The van der Waals surface area contributed by atoms with Crippen LogP contribution < -0.4 is 5.56 Å². The zero-order valence-corrected chi connectivity index (χ0v) is 21.8. The van der Waals surface area contributed by atoms with Crippen molar-refractivity contribution in [3.63, 3.8) is 0 Å². The van der Waals surface area contributed by atoms with Crippen LogP contribution in [0, 0.1) is 6.92 Å². The highest BCUT2D eigenvalue weighted by atomic mass is 35.5. The summed E-state index contributed by atoms with van der Waals surface area (Å²) in [6.45, 7) is 3.32. The first-order valence-corrected chi connectivity index (χ1v) is 13.1. The number of benzene rings is 2. The zero-order valence-electron chi connectivity index (χ0n) is 18.7. The fraction of sp³-hybridized carbons (Fsp3) is 0.269. The summed E-state index contributed by atoms with van der Waals surface area (Å²) in [7, 11) is 0. The van der Waals surface area contributed by atoms with Crippen molar-refractivity contribution in [2.45, 2.75) is 54.4 Å². The number of aryl methyl sites for hydroxylation is 1. The summed E-state index contributed by atoms with van der Waals surface area (Å²) in [5, 5.41) is -2.99. The Bertz CT molecular complexity index is 1390. The zero-order chi connectivity index (χ0) is 24.9. The number of pyridine rings is 1. The predicted octanol–water partition coefficient (Wildman–Crippen LogP) is 8.34. The molecule has 1 saturated carbocycles. The molecular formula is C26H21Cl3F2N2OS. The van der Waals surface area contributed by atoms with Gasteiger partial charge in [0.25, 0.3) is 5.56 Å². The predicted molar refractivity (Wildman–Crippen MR) is 139 cm³/mol. The fourth-order valence-electron chi connectivity index (χ4n) is 4.51. The van der Waals surface area contributed by atoms with Crippen LogP contribution in [0.2, 0.25) is 10.0 Å². The quantitative estimate of drug-likeness (QED) is 0.323. The minimum Gasteiger partial charge on any atom is -0.362 e. The molecule has 5 rings (SSSR count). The molecule has 3 aromatic rings. The number of hydrogen-bond acceptors (Lipinski definition) is 3. The fourth-order valence-corrected chi connectivity index (χ4v) is 6.26. The summed E-state index contributed by atoms with van der Waals surface area (Å²) < 4.78 is 28.2. The van der Waals surface area contributed by atoms with Crippen molar-refractivity contribution in [1.82, 2.24) is 9.88 Å². The summed E-state index contributed by atoms with van der Waals surface area (Å²) in [6, 6.07) is 12.6. The molecular weight excluding hydrogens is 533 g/mol. The standard InChI is InChI=1S/C26H21Cl3F2N2OS/c1-14-8-9-16-12-33(13-17(16)10-14)23(15-4-2-5-15)22-20(11-21(26(29,30)31)32-25(22)34)35-24-18(27)6-3-7-19(24)28/h3,6-11H,2,4-5,12-13H2,1H3,(H,32,34). The average molecular weight is 554 g/mol. The van der Waals surface area contributed by atoms with Crippen LogP contribution in [0.25, 0.3) is 5.70 Å². The average Bonchev–Trinajstić information content (AvgIpc) is 3.15. The van der Waals surface area contributed by atoms with Crippen molar-refractivity contribution in [3.05, 3.63) is 96.4 Å². The molecule has 1 fully saturated rings. The Balaban J connectivity index is 1.68. The van der Waals surface area contributed by atoms with E-state index in [1.807, 2.05) is 6.92 Å². The van der Waals surface area contributed by atoms with Gasteiger partial charge in [-0.15, -0.1) is 0 Å². The third-order valence-electron chi connectivity index (χ3n) is 6.36. The van der Waals surface area contributed by atoms with Gasteiger partial charge in [-0.05, 0) is 72.7 Å². The van der Waals surface area contributed by atoms with Crippen molar-refractivity contribution in [2.75, 3.05) is 0 Å². The molecule has 3 nitrogen and oxygen atoms in total. The SMILES string of the molecule is Cc1ccc2c(c1)CN(C(=C1CCC1)c1c(Sc3c(Cl)cccc3Cl)cc(C(F)(F)Cl)[nH]c1=O)C2. The van der Waals surface area contributed by atoms with Crippen molar-refractivity contribution < 1.29 is 8.78 Å². The van der Waals surface area contributed by atoms with Crippen LogP contribution in [-0.4, -0.2) is 9.88 Å². The Morgan fingerprint density at radius 2 is 1.74 bits per heavy atom. The van der Waals surface area contributed by atoms with Gasteiger partial charge in [0, 0.05) is 22.9 Å². The lowest BCUT2D eigenvalue weighted by atomic mass is 9.88. The Hall–Kier alpha value is -1.99. The largest absolute Gasteiger partial charge is 0.362 e. The highest BCUT2D eigenvalue weighted by molar-refractivity contribution is 7.99. The van der Waals surface area contributed by atoms with E-state index >= 15 is 0 Å². The highest BCUT2D eigenvalue weighted by Gasteiger charge is 2.34. The van der Waals surface area contributed by atoms with Crippen molar-refractivity contribution >= 4 is 52.3 Å². The molecule has 0 unspecified atom stereocenters. The maximum Gasteiger partial charge on any atom is 0.362 e. The van der Waals surface area contributed by atoms with Crippen LogP contribution in [0.1, 0.15) is 47.2 Å².